The lowest BCUT2D eigenvalue weighted by atomic mass is 9.95. The molecule has 0 unspecified atom stereocenters. The fourth-order valence-electron chi connectivity index (χ4n) is 3.22. The van der Waals surface area contributed by atoms with Gasteiger partial charge in [-0.2, -0.15) is 0 Å². The Bertz CT molecular complexity index is 812. The Labute approximate surface area is 168 Å². The van der Waals surface area contributed by atoms with Crippen LogP contribution in [0, 0.1) is 6.92 Å². The number of carbonyl (C=O) groups is 2. The number of rotatable bonds is 7. The van der Waals surface area contributed by atoms with Crippen molar-refractivity contribution in [1.82, 2.24) is 0 Å². The van der Waals surface area contributed by atoms with E-state index in [1.807, 2.05) is 0 Å². The maximum atomic E-state index is 12.4. The summed E-state index contributed by atoms with van der Waals surface area (Å²) in [6.07, 6.45) is 5.33. The normalized spacial score (nSPS) is 13.1. The zero-order valence-corrected chi connectivity index (χ0v) is 17.4. The molecule has 144 valence electrons. The molecule has 4 nitrogen and oxygen atoms in total. The quantitative estimate of drug-likeness (QED) is 0.391. The number of anilines is 1. The topological polar surface area (TPSA) is 55.4 Å². The van der Waals surface area contributed by atoms with Crippen molar-refractivity contribution in [3.8, 4) is 0 Å². The van der Waals surface area contributed by atoms with E-state index >= 15 is 0 Å². The van der Waals surface area contributed by atoms with E-state index in [9.17, 15) is 9.59 Å². The molecule has 1 amide bonds. The number of esters is 1. The monoisotopic (exact) mass is 403 g/mol. The first-order chi connectivity index (χ1) is 13.1. The van der Waals surface area contributed by atoms with Gasteiger partial charge in [0.05, 0.1) is 12.7 Å². The van der Waals surface area contributed by atoms with E-state index in [0.717, 1.165) is 43.4 Å². The van der Waals surface area contributed by atoms with Crippen molar-refractivity contribution in [3.05, 3.63) is 45.8 Å². The minimum atomic E-state index is -0.348. The van der Waals surface area contributed by atoms with Crippen LogP contribution in [0.15, 0.2) is 29.2 Å². The third kappa shape index (κ3) is 5.14. The summed E-state index contributed by atoms with van der Waals surface area (Å²) in [5.41, 5.74) is 2.89. The number of amides is 1. The second kappa shape index (κ2) is 9.42. The first kappa shape index (κ1) is 20.0. The minimum absolute atomic E-state index is 0.0387. The predicted molar refractivity (Wildman–Crippen MR) is 112 cm³/mol. The average molecular weight is 404 g/mol. The summed E-state index contributed by atoms with van der Waals surface area (Å²) in [5.74, 6) is 0.504. The molecule has 1 aliphatic carbocycles. The molecule has 0 atom stereocenters. The summed E-state index contributed by atoms with van der Waals surface area (Å²) < 4.78 is 4.95. The van der Waals surface area contributed by atoms with Crippen molar-refractivity contribution in [2.24, 2.45) is 0 Å². The number of nitrogens with one attached hydrogen (secondary N) is 1. The first-order valence-electron chi connectivity index (χ1n) is 9.30. The van der Waals surface area contributed by atoms with E-state index in [1.165, 1.54) is 33.8 Å². The van der Waals surface area contributed by atoms with Gasteiger partial charge in [0.15, 0.2) is 0 Å². The molecule has 0 saturated carbocycles. The van der Waals surface area contributed by atoms with Crippen molar-refractivity contribution >= 4 is 40.0 Å². The highest BCUT2D eigenvalue weighted by Crippen LogP contribution is 2.38. The predicted octanol–water partition coefficient (Wildman–Crippen LogP) is 5.23. The van der Waals surface area contributed by atoms with Gasteiger partial charge in [0.1, 0.15) is 5.00 Å². The number of carbonyl (C=O) groups excluding carboxylic acids is 2. The average Bonchev–Trinajstić information content (AvgIpc) is 3.03. The van der Waals surface area contributed by atoms with E-state index < -0.39 is 0 Å². The molecule has 1 aromatic heterocycles. The van der Waals surface area contributed by atoms with E-state index in [4.69, 9.17) is 4.74 Å². The van der Waals surface area contributed by atoms with Gasteiger partial charge in [-0.1, -0.05) is 17.7 Å². The first-order valence-corrected chi connectivity index (χ1v) is 11.1. The van der Waals surface area contributed by atoms with Gasteiger partial charge < -0.3 is 10.1 Å². The second-order valence-electron chi connectivity index (χ2n) is 6.72. The van der Waals surface area contributed by atoms with Gasteiger partial charge >= 0.3 is 5.97 Å². The van der Waals surface area contributed by atoms with Crippen molar-refractivity contribution in [3.63, 3.8) is 0 Å². The number of ether oxygens (including phenoxy) is 1. The Hall–Kier alpha value is -1.79. The van der Waals surface area contributed by atoms with Crippen LogP contribution in [0.25, 0.3) is 0 Å². The zero-order chi connectivity index (χ0) is 19.2. The Morgan fingerprint density at radius 2 is 1.93 bits per heavy atom. The summed E-state index contributed by atoms with van der Waals surface area (Å²) in [7, 11) is 1.39. The van der Waals surface area contributed by atoms with Crippen LogP contribution in [0.1, 0.15) is 52.0 Å². The SMILES string of the molecule is COC(=O)c1c(NC(=O)CCCSc2ccc(C)cc2)sc2c1CCCC2. The fraction of sp³-hybridized carbons (Fsp3) is 0.429. The molecule has 0 radical (unpaired) electrons. The van der Waals surface area contributed by atoms with Crippen molar-refractivity contribution in [2.45, 2.75) is 50.3 Å². The number of fused-ring (bicyclic) bond motifs is 1. The summed E-state index contributed by atoms with van der Waals surface area (Å²) in [4.78, 5) is 27.0. The lowest BCUT2D eigenvalue weighted by molar-refractivity contribution is -0.116. The fourth-order valence-corrected chi connectivity index (χ4v) is 5.36. The number of hydrogen-bond acceptors (Lipinski definition) is 5. The molecule has 1 aliphatic rings. The molecular formula is C21H25NO3S2. The standard InChI is InChI=1S/C21H25NO3S2/c1-14-9-11-15(12-10-14)26-13-5-8-18(23)22-20-19(21(24)25-2)16-6-3-4-7-17(16)27-20/h9-12H,3-8,13H2,1-2H3,(H,22,23). The Morgan fingerprint density at radius 3 is 2.67 bits per heavy atom. The van der Waals surface area contributed by atoms with E-state index in [0.29, 0.717) is 17.0 Å². The van der Waals surface area contributed by atoms with Gasteiger partial charge in [-0.25, -0.2) is 4.79 Å². The number of benzene rings is 1. The van der Waals surface area contributed by atoms with Gasteiger partial charge in [-0.3, -0.25) is 4.79 Å². The van der Waals surface area contributed by atoms with E-state index in [2.05, 4.69) is 36.5 Å². The summed E-state index contributed by atoms with van der Waals surface area (Å²) >= 11 is 3.29. The molecule has 0 saturated heterocycles. The number of thioether (sulfide) groups is 1. The molecule has 2 aromatic rings. The number of thiophene rings is 1. The minimum Gasteiger partial charge on any atom is -0.465 e. The van der Waals surface area contributed by atoms with Crippen LogP contribution in [0.5, 0.6) is 0 Å². The Kier molecular flexibility index (Phi) is 6.96. The lowest BCUT2D eigenvalue weighted by Gasteiger charge is -2.11. The highest BCUT2D eigenvalue weighted by atomic mass is 32.2. The maximum absolute atomic E-state index is 12.4. The van der Waals surface area contributed by atoms with Crippen molar-refractivity contribution < 1.29 is 14.3 Å². The Balaban J connectivity index is 1.55. The van der Waals surface area contributed by atoms with Gasteiger partial charge in [-0.15, -0.1) is 23.1 Å². The number of aryl methyl sites for hydroxylation is 2. The smallest absolute Gasteiger partial charge is 0.341 e. The van der Waals surface area contributed by atoms with Gasteiger partial charge in [0, 0.05) is 16.2 Å². The van der Waals surface area contributed by atoms with Gasteiger partial charge in [0.2, 0.25) is 5.91 Å². The summed E-state index contributed by atoms with van der Waals surface area (Å²) in [6.45, 7) is 2.07. The third-order valence-corrected chi connectivity index (χ3v) is 6.96. The van der Waals surface area contributed by atoms with Crippen LogP contribution in [0.2, 0.25) is 0 Å². The lowest BCUT2D eigenvalue weighted by Crippen LogP contribution is -2.14. The highest BCUT2D eigenvalue weighted by Gasteiger charge is 2.26. The van der Waals surface area contributed by atoms with Gasteiger partial charge in [-0.05, 0) is 62.5 Å². The third-order valence-electron chi connectivity index (χ3n) is 4.65. The van der Waals surface area contributed by atoms with Gasteiger partial charge in [0.25, 0.3) is 0 Å². The van der Waals surface area contributed by atoms with E-state index in [-0.39, 0.29) is 11.9 Å². The van der Waals surface area contributed by atoms with E-state index in [1.54, 1.807) is 11.8 Å². The largest absolute Gasteiger partial charge is 0.465 e. The molecule has 0 bridgehead atoms. The molecule has 0 spiro atoms. The van der Waals surface area contributed by atoms with Crippen molar-refractivity contribution in [1.29, 1.82) is 0 Å². The van der Waals surface area contributed by atoms with Crippen LogP contribution >= 0.6 is 23.1 Å². The molecular weight excluding hydrogens is 378 g/mol. The van der Waals surface area contributed by atoms with Crippen LogP contribution in [0.4, 0.5) is 5.00 Å². The zero-order valence-electron chi connectivity index (χ0n) is 15.8. The molecule has 1 N–H and O–H groups in total. The van der Waals surface area contributed by atoms with Crippen LogP contribution in [-0.2, 0) is 22.4 Å². The van der Waals surface area contributed by atoms with Crippen LogP contribution in [-0.4, -0.2) is 24.7 Å². The Morgan fingerprint density at radius 1 is 1.19 bits per heavy atom. The number of methoxy groups -OCH3 is 1. The molecule has 6 heteroatoms. The van der Waals surface area contributed by atoms with Crippen molar-refractivity contribution in [2.75, 3.05) is 18.2 Å². The highest BCUT2D eigenvalue weighted by molar-refractivity contribution is 7.99. The molecule has 27 heavy (non-hydrogen) atoms. The molecule has 0 fully saturated rings. The van der Waals surface area contributed by atoms with Crippen LogP contribution < -0.4 is 5.32 Å². The molecule has 3 rings (SSSR count). The summed E-state index contributed by atoms with van der Waals surface area (Å²) in [5, 5.41) is 3.62. The molecule has 1 heterocycles. The van der Waals surface area contributed by atoms with Crippen LogP contribution in [0.3, 0.4) is 0 Å². The summed E-state index contributed by atoms with van der Waals surface area (Å²) in [6, 6.07) is 8.42. The molecule has 1 aromatic carbocycles. The second-order valence-corrected chi connectivity index (χ2v) is 8.99. The number of hydrogen-bond donors (Lipinski definition) is 1. The maximum Gasteiger partial charge on any atom is 0.341 e. The molecule has 0 aliphatic heterocycles.